The third-order valence-corrected chi connectivity index (χ3v) is 5.44. The minimum Gasteiger partial charge on any atom is -0.480 e. The Bertz CT molecular complexity index is 939. The summed E-state index contributed by atoms with van der Waals surface area (Å²) >= 11 is 0. The van der Waals surface area contributed by atoms with Crippen LogP contribution in [0.25, 0.3) is 0 Å². The van der Waals surface area contributed by atoms with Crippen LogP contribution in [0.1, 0.15) is 40.0 Å². The van der Waals surface area contributed by atoms with E-state index in [0.717, 1.165) is 6.92 Å². The maximum atomic E-state index is 13.1. The minimum atomic E-state index is -1.67. The van der Waals surface area contributed by atoms with E-state index < -0.39 is 90.8 Å². The number of nitrogens with two attached hydrogens (primary N) is 4. The largest absolute Gasteiger partial charge is 0.480 e. The highest BCUT2D eigenvalue weighted by molar-refractivity contribution is 5.97. The highest BCUT2D eigenvalue weighted by Crippen LogP contribution is 2.07. The molecule has 0 saturated carbocycles. The van der Waals surface area contributed by atoms with E-state index in [1.165, 1.54) is 13.8 Å². The number of carboxylic acid groups (broad SMARTS) is 1. The summed E-state index contributed by atoms with van der Waals surface area (Å²) in [5.74, 6) is -7.03. The van der Waals surface area contributed by atoms with E-state index in [2.05, 4.69) is 26.3 Å². The van der Waals surface area contributed by atoms with Crippen molar-refractivity contribution in [2.45, 2.75) is 76.3 Å². The fourth-order valence-electron chi connectivity index (χ4n) is 3.24. The van der Waals surface area contributed by atoms with E-state index in [-0.39, 0.29) is 25.3 Å². The maximum absolute atomic E-state index is 13.1. The first-order valence-electron chi connectivity index (χ1n) is 12.3. The summed E-state index contributed by atoms with van der Waals surface area (Å²) in [6.07, 6.45) is -1.99. The lowest BCUT2D eigenvalue weighted by molar-refractivity contribution is -0.145. The van der Waals surface area contributed by atoms with Gasteiger partial charge in [0.25, 0.3) is 0 Å². The van der Waals surface area contributed by atoms with Crippen molar-refractivity contribution in [3.8, 4) is 0 Å². The SMILES string of the molecule is CC(C)[C@H](NC(=O)[C@H](CC(N)=O)NC(=O)[C@H](CCCN=C(N)N)NC(=O)[C@@H](N)CO)C(=O)N[C@H](C(=O)O)[C@@H](C)O. The van der Waals surface area contributed by atoms with Gasteiger partial charge in [-0.1, -0.05) is 13.8 Å². The van der Waals surface area contributed by atoms with Gasteiger partial charge < -0.3 is 59.5 Å². The van der Waals surface area contributed by atoms with E-state index in [1.807, 2.05) is 0 Å². The summed E-state index contributed by atoms with van der Waals surface area (Å²) < 4.78 is 0. The van der Waals surface area contributed by atoms with Crippen LogP contribution >= 0.6 is 0 Å². The Morgan fingerprint density at radius 2 is 1.32 bits per heavy atom. The Kier molecular flexibility index (Phi) is 15.8. The number of hydrogen-bond donors (Lipinski definition) is 11. The van der Waals surface area contributed by atoms with Gasteiger partial charge in [-0.25, -0.2) is 4.79 Å². The van der Waals surface area contributed by atoms with Crippen LogP contribution in [0.3, 0.4) is 0 Å². The molecule has 0 rings (SSSR count). The average molecular weight is 576 g/mol. The monoisotopic (exact) mass is 575 g/mol. The first kappa shape index (κ1) is 36.0. The number of aliphatic hydroxyl groups is 2. The molecule has 0 radical (unpaired) electrons. The Labute approximate surface area is 230 Å². The summed E-state index contributed by atoms with van der Waals surface area (Å²) in [6, 6.07) is -7.25. The number of carbonyl (C=O) groups is 6. The number of aliphatic imine (C=N–C) groups is 1. The van der Waals surface area contributed by atoms with Crippen molar-refractivity contribution >= 4 is 41.5 Å². The maximum Gasteiger partial charge on any atom is 0.328 e. The van der Waals surface area contributed by atoms with E-state index in [4.69, 9.17) is 28.0 Å². The number of rotatable bonds is 18. The molecule has 0 aromatic heterocycles. The number of amides is 5. The molecule has 0 fully saturated rings. The number of aliphatic hydroxyl groups excluding tert-OH is 2. The van der Waals surface area contributed by atoms with Crippen molar-refractivity contribution < 1.29 is 44.1 Å². The molecule has 0 aromatic rings. The summed E-state index contributed by atoms with van der Waals surface area (Å²) in [6.45, 7) is 3.61. The van der Waals surface area contributed by atoms with Gasteiger partial charge in [-0.3, -0.25) is 29.0 Å². The number of primary amides is 1. The van der Waals surface area contributed by atoms with Crippen LogP contribution in [0.2, 0.25) is 0 Å². The number of nitrogens with one attached hydrogen (secondary N) is 4. The molecule has 18 heteroatoms. The molecule has 0 aromatic carbocycles. The summed E-state index contributed by atoms with van der Waals surface area (Å²) in [5.41, 5.74) is 21.3. The number of guanidine groups is 1. The lowest BCUT2D eigenvalue weighted by atomic mass is 10.0. The molecule has 228 valence electrons. The van der Waals surface area contributed by atoms with Gasteiger partial charge in [0.2, 0.25) is 29.5 Å². The molecule has 0 aliphatic heterocycles. The molecule has 40 heavy (non-hydrogen) atoms. The lowest BCUT2D eigenvalue weighted by Gasteiger charge is -2.28. The average Bonchev–Trinajstić information content (AvgIpc) is 2.84. The van der Waals surface area contributed by atoms with E-state index in [9.17, 15) is 39.0 Å². The summed E-state index contributed by atoms with van der Waals surface area (Å²) in [7, 11) is 0. The third-order valence-electron chi connectivity index (χ3n) is 5.44. The third kappa shape index (κ3) is 13.2. The van der Waals surface area contributed by atoms with E-state index in [0.29, 0.717) is 0 Å². The van der Waals surface area contributed by atoms with Crippen molar-refractivity contribution in [3.63, 3.8) is 0 Å². The lowest BCUT2D eigenvalue weighted by Crippen LogP contribution is -2.60. The normalized spacial score (nSPS) is 15.4. The Morgan fingerprint density at radius 1 is 0.800 bits per heavy atom. The number of carbonyl (C=O) groups excluding carboxylic acids is 5. The predicted molar refractivity (Wildman–Crippen MR) is 141 cm³/mol. The van der Waals surface area contributed by atoms with Crippen LogP contribution in [-0.4, -0.2) is 106 Å². The van der Waals surface area contributed by atoms with Crippen LogP contribution < -0.4 is 44.2 Å². The van der Waals surface area contributed by atoms with Crippen molar-refractivity contribution in [2.75, 3.05) is 13.2 Å². The number of hydrogen-bond acceptors (Lipinski definition) is 10. The van der Waals surface area contributed by atoms with Crippen molar-refractivity contribution in [1.82, 2.24) is 21.3 Å². The van der Waals surface area contributed by atoms with Gasteiger partial charge in [0, 0.05) is 6.54 Å². The van der Waals surface area contributed by atoms with Gasteiger partial charge in [-0.2, -0.15) is 0 Å². The number of carboxylic acids is 1. The first-order chi connectivity index (χ1) is 18.5. The van der Waals surface area contributed by atoms with Gasteiger partial charge in [-0.05, 0) is 25.7 Å². The first-order valence-corrected chi connectivity index (χ1v) is 12.3. The standard InChI is InChI=1S/C22H41N9O9/c1-9(2)15(20(38)31-16(10(3)33)21(39)40)30-19(37)13(7-14(24)34)29-18(36)12(5-4-6-27-22(25)26)28-17(35)11(23)8-32/h9-13,15-16,32-33H,4-8,23H2,1-3H3,(H2,24,34)(H,28,35)(H,29,36)(H,30,37)(H,31,38)(H,39,40)(H4,25,26,27)/t10-,11+,12+,13+,15+,16+/m1/s1. The quantitative estimate of drug-likeness (QED) is 0.0414. The molecule has 0 aliphatic carbocycles. The highest BCUT2D eigenvalue weighted by Gasteiger charge is 2.34. The predicted octanol–water partition coefficient (Wildman–Crippen LogP) is -5.70. The van der Waals surface area contributed by atoms with Crippen LogP contribution in [-0.2, 0) is 28.8 Å². The number of nitrogens with zero attached hydrogens (tertiary/aromatic N) is 1. The smallest absolute Gasteiger partial charge is 0.328 e. The molecule has 0 unspecified atom stereocenters. The fraction of sp³-hybridized carbons (Fsp3) is 0.682. The second-order valence-corrected chi connectivity index (χ2v) is 9.33. The van der Waals surface area contributed by atoms with Crippen LogP contribution in [0.15, 0.2) is 4.99 Å². The van der Waals surface area contributed by atoms with Gasteiger partial charge in [0.15, 0.2) is 12.0 Å². The zero-order valence-electron chi connectivity index (χ0n) is 22.6. The molecule has 0 heterocycles. The molecule has 15 N–H and O–H groups in total. The molecular weight excluding hydrogens is 534 g/mol. The fourth-order valence-corrected chi connectivity index (χ4v) is 3.24. The van der Waals surface area contributed by atoms with Crippen molar-refractivity contribution in [3.05, 3.63) is 0 Å². The Hall–Kier alpha value is -4.03. The van der Waals surface area contributed by atoms with E-state index >= 15 is 0 Å². The molecule has 18 nitrogen and oxygen atoms in total. The Balaban J connectivity index is 5.83. The highest BCUT2D eigenvalue weighted by atomic mass is 16.4. The topological polar surface area (TPSA) is 328 Å². The minimum absolute atomic E-state index is 0.0373. The van der Waals surface area contributed by atoms with Crippen LogP contribution in [0.5, 0.6) is 0 Å². The summed E-state index contributed by atoms with van der Waals surface area (Å²) in [5, 5.41) is 37.1. The zero-order valence-corrected chi connectivity index (χ0v) is 22.6. The van der Waals surface area contributed by atoms with Crippen LogP contribution in [0.4, 0.5) is 0 Å². The molecule has 6 atom stereocenters. The molecule has 0 aliphatic rings. The molecular formula is C22H41N9O9. The van der Waals surface area contributed by atoms with Gasteiger partial charge >= 0.3 is 5.97 Å². The molecule has 0 spiro atoms. The van der Waals surface area contributed by atoms with Gasteiger partial charge in [-0.15, -0.1) is 0 Å². The molecule has 0 saturated heterocycles. The van der Waals surface area contributed by atoms with Gasteiger partial charge in [0.1, 0.15) is 24.2 Å². The molecule has 0 bridgehead atoms. The van der Waals surface area contributed by atoms with Crippen molar-refractivity contribution in [2.24, 2.45) is 33.8 Å². The van der Waals surface area contributed by atoms with E-state index in [1.54, 1.807) is 0 Å². The Morgan fingerprint density at radius 3 is 1.77 bits per heavy atom. The summed E-state index contributed by atoms with van der Waals surface area (Å²) in [4.78, 5) is 77.8. The van der Waals surface area contributed by atoms with Gasteiger partial charge in [0.05, 0.1) is 19.1 Å². The second-order valence-electron chi connectivity index (χ2n) is 9.33. The van der Waals surface area contributed by atoms with Crippen molar-refractivity contribution in [1.29, 1.82) is 0 Å². The number of aliphatic carboxylic acids is 1. The second kappa shape index (κ2) is 17.5. The zero-order chi connectivity index (χ0) is 31.2. The van der Waals surface area contributed by atoms with Crippen LogP contribution in [0, 0.1) is 5.92 Å². The molecule has 5 amide bonds.